The quantitative estimate of drug-likeness (QED) is 0.585. The van der Waals surface area contributed by atoms with E-state index >= 15 is 0 Å². The van der Waals surface area contributed by atoms with Crippen LogP contribution in [0, 0.1) is 0 Å². The maximum Gasteiger partial charge on any atom is 0.401 e. The summed E-state index contributed by atoms with van der Waals surface area (Å²) in [6.45, 7) is 5.25. The van der Waals surface area contributed by atoms with Crippen LogP contribution in [0.1, 0.15) is 32.3 Å². The Morgan fingerprint density at radius 1 is 0.960 bits per heavy atom. The van der Waals surface area contributed by atoms with E-state index in [9.17, 15) is 4.79 Å². The summed E-state index contributed by atoms with van der Waals surface area (Å²) < 4.78 is 1.79. The minimum atomic E-state index is -1.11. The summed E-state index contributed by atoms with van der Waals surface area (Å²) in [5.74, 6) is 1.01. The van der Waals surface area contributed by atoms with Gasteiger partial charge in [0.2, 0.25) is 0 Å². The molecule has 2 heterocycles. The first-order valence-corrected chi connectivity index (χ1v) is 9.42. The van der Waals surface area contributed by atoms with Gasteiger partial charge in [-0.15, -0.1) is 12.6 Å². The van der Waals surface area contributed by atoms with Crippen LogP contribution in [0.15, 0.2) is 54.7 Å². The molecule has 0 fully saturated rings. The van der Waals surface area contributed by atoms with Gasteiger partial charge < -0.3 is 9.62 Å². The fourth-order valence-electron chi connectivity index (χ4n) is 4.46. The van der Waals surface area contributed by atoms with E-state index in [0.29, 0.717) is 0 Å². The number of carbonyl (C=O) groups excluding carboxylic acids is 1. The Balaban J connectivity index is 2.14. The van der Waals surface area contributed by atoms with Gasteiger partial charge in [0.05, 0.1) is 6.20 Å². The maximum absolute atomic E-state index is 13.1. The molecule has 132 valence electrons. The van der Waals surface area contributed by atoms with Gasteiger partial charge in [-0.1, -0.05) is 63.1 Å². The SMILES string of the molecule is CCC[B-]1(CCC)N(C)C(=O)[n+]2ccccc2N1Cc1ccccc1. The first-order chi connectivity index (χ1) is 12.1. The Morgan fingerprint density at radius 2 is 1.60 bits per heavy atom. The topological polar surface area (TPSA) is 27.4 Å². The average Bonchev–Trinajstić information content (AvgIpc) is 2.65. The molecular formula is C20H28BN3O. The van der Waals surface area contributed by atoms with Crippen LogP contribution in [-0.4, -0.2) is 24.3 Å². The van der Waals surface area contributed by atoms with E-state index in [0.717, 1.165) is 37.8 Å². The van der Waals surface area contributed by atoms with Crippen molar-refractivity contribution in [2.45, 2.75) is 45.9 Å². The highest BCUT2D eigenvalue weighted by Crippen LogP contribution is 2.34. The molecule has 1 amide bonds. The Morgan fingerprint density at radius 3 is 2.24 bits per heavy atom. The van der Waals surface area contributed by atoms with E-state index in [1.165, 1.54) is 5.56 Å². The molecule has 0 aliphatic carbocycles. The van der Waals surface area contributed by atoms with Crippen molar-refractivity contribution in [2.24, 2.45) is 0 Å². The van der Waals surface area contributed by atoms with Crippen LogP contribution >= 0.6 is 0 Å². The van der Waals surface area contributed by atoms with Crippen LogP contribution in [0.25, 0.3) is 0 Å². The molecule has 0 unspecified atom stereocenters. The van der Waals surface area contributed by atoms with Crippen LogP contribution in [0.4, 0.5) is 10.6 Å². The number of carbonyl (C=O) groups is 1. The standard InChI is InChI=1S/C20H28BN3O/c1-4-14-21(15-5-2)22(3)20(25)23-16-10-9-13-19(23)24(21)17-18-11-7-6-8-12-18/h6-13,16H,4-5,14-15,17H2,1-3H3. The third-order valence-electron chi connectivity index (χ3n) is 5.64. The third-order valence-corrected chi connectivity index (χ3v) is 5.64. The van der Waals surface area contributed by atoms with Crippen molar-refractivity contribution in [1.29, 1.82) is 0 Å². The molecule has 0 radical (unpaired) electrons. The Hall–Kier alpha value is -2.30. The van der Waals surface area contributed by atoms with Crippen molar-refractivity contribution < 1.29 is 9.36 Å². The van der Waals surface area contributed by atoms with Gasteiger partial charge in [-0.25, -0.2) is 4.79 Å². The molecule has 3 rings (SSSR count). The van der Waals surface area contributed by atoms with Crippen LogP contribution < -0.4 is 9.38 Å². The molecule has 4 nitrogen and oxygen atoms in total. The van der Waals surface area contributed by atoms with E-state index < -0.39 is 6.42 Å². The Bertz CT molecular complexity index is 729. The summed E-state index contributed by atoms with van der Waals surface area (Å²) in [5.41, 5.74) is 1.28. The van der Waals surface area contributed by atoms with Crippen molar-refractivity contribution in [1.82, 2.24) is 4.81 Å². The van der Waals surface area contributed by atoms with Crippen molar-refractivity contribution in [3.63, 3.8) is 0 Å². The van der Waals surface area contributed by atoms with Gasteiger partial charge >= 0.3 is 12.4 Å². The number of rotatable bonds is 6. The first kappa shape index (κ1) is 17.5. The highest BCUT2D eigenvalue weighted by molar-refractivity contribution is 6.82. The van der Waals surface area contributed by atoms with Gasteiger partial charge in [0.15, 0.2) is 5.82 Å². The van der Waals surface area contributed by atoms with Gasteiger partial charge in [0.1, 0.15) is 0 Å². The fraction of sp³-hybridized carbons (Fsp3) is 0.400. The molecule has 1 aromatic heterocycles. The molecule has 0 spiro atoms. The van der Waals surface area contributed by atoms with Crippen LogP contribution in [0.3, 0.4) is 0 Å². The maximum atomic E-state index is 13.1. The second-order valence-corrected chi connectivity index (χ2v) is 7.15. The molecule has 1 aliphatic heterocycles. The number of amides is 1. The third kappa shape index (κ3) is 3.03. The lowest BCUT2D eigenvalue weighted by atomic mass is 9.37. The summed E-state index contributed by atoms with van der Waals surface area (Å²) >= 11 is 0. The molecule has 0 saturated heterocycles. The molecular weight excluding hydrogens is 309 g/mol. The monoisotopic (exact) mass is 337 g/mol. The van der Waals surface area contributed by atoms with E-state index in [1.807, 2.05) is 30.2 Å². The zero-order chi connectivity index (χ0) is 17.9. The van der Waals surface area contributed by atoms with Crippen molar-refractivity contribution in [3.8, 4) is 0 Å². The molecule has 0 saturated carbocycles. The summed E-state index contributed by atoms with van der Waals surface area (Å²) in [6.07, 6.45) is 4.95. The molecule has 0 N–H and O–H groups in total. The normalized spacial score (nSPS) is 16.0. The molecule has 5 heteroatoms. The summed E-state index contributed by atoms with van der Waals surface area (Å²) in [4.78, 5) is 17.6. The van der Waals surface area contributed by atoms with Crippen LogP contribution in [0.2, 0.25) is 12.6 Å². The second kappa shape index (κ2) is 7.30. The van der Waals surface area contributed by atoms with Crippen molar-refractivity contribution in [3.05, 3.63) is 60.3 Å². The number of hydrogen-bond acceptors (Lipinski definition) is 2. The predicted octanol–water partition coefficient (Wildman–Crippen LogP) is 4.16. The number of benzene rings is 1. The average molecular weight is 337 g/mol. The van der Waals surface area contributed by atoms with Gasteiger partial charge in [0.25, 0.3) is 0 Å². The van der Waals surface area contributed by atoms with E-state index in [2.05, 4.69) is 55.1 Å². The number of nitrogens with zero attached hydrogens (tertiary/aromatic N) is 3. The largest absolute Gasteiger partial charge is 0.444 e. The number of aromatic nitrogens is 1. The highest BCUT2D eigenvalue weighted by Gasteiger charge is 2.49. The summed E-state index contributed by atoms with van der Waals surface area (Å²) in [5, 5.41) is 0. The van der Waals surface area contributed by atoms with Crippen LogP contribution in [0.5, 0.6) is 0 Å². The van der Waals surface area contributed by atoms with E-state index in [4.69, 9.17) is 0 Å². The molecule has 25 heavy (non-hydrogen) atoms. The number of pyridine rings is 1. The number of anilines is 1. The first-order valence-electron chi connectivity index (χ1n) is 9.42. The number of fused-ring (bicyclic) bond motifs is 1. The zero-order valence-corrected chi connectivity index (χ0v) is 15.6. The lowest BCUT2D eigenvalue weighted by molar-refractivity contribution is -0.565. The molecule has 1 aliphatic rings. The lowest BCUT2D eigenvalue weighted by Gasteiger charge is -2.54. The summed E-state index contributed by atoms with van der Waals surface area (Å²) in [6, 6.07) is 16.7. The molecule has 2 aromatic rings. The molecule has 0 bridgehead atoms. The molecule has 0 atom stereocenters. The Kier molecular flexibility index (Phi) is 5.12. The lowest BCUT2D eigenvalue weighted by Crippen LogP contribution is -2.76. The van der Waals surface area contributed by atoms with Gasteiger partial charge in [-0.3, -0.25) is 0 Å². The van der Waals surface area contributed by atoms with E-state index in [-0.39, 0.29) is 6.03 Å². The minimum Gasteiger partial charge on any atom is -0.444 e. The second-order valence-electron chi connectivity index (χ2n) is 7.15. The molecule has 1 aromatic carbocycles. The van der Waals surface area contributed by atoms with Gasteiger partial charge in [-0.05, 0) is 11.6 Å². The predicted molar refractivity (Wildman–Crippen MR) is 104 cm³/mol. The smallest absolute Gasteiger partial charge is 0.401 e. The van der Waals surface area contributed by atoms with Gasteiger partial charge in [-0.2, -0.15) is 4.57 Å². The van der Waals surface area contributed by atoms with Gasteiger partial charge in [0, 0.05) is 19.7 Å². The zero-order valence-electron chi connectivity index (χ0n) is 15.6. The Labute approximate surface area is 151 Å². The van der Waals surface area contributed by atoms with Crippen molar-refractivity contribution >= 4 is 18.3 Å². The number of hydrogen-bond donors (Lipinski definition) is 0. The fourth-order valence-corrected chi connectivity index (χ4v) is 4.46. The van der Waals surface area contributed by atoms with Crippen molar-refractivity contribution in [2.75, 3.05) is 11.9 Å². The van der Waals surface area contributed by atoms with Crippen LogP contribution in [-0.2, 0) is 6.54 Å². The minimum absolute atomic E-state index is 0.0850. The highest BCUT2D eigenvalue weighted by atomic mass is 16.2. The summed E-state index contributed by atoms with van der Waals surface area (Å²) in [7, 11) is 1.98. The van der Waals surface area contributed by atoms with E-state index in [1.54, 1.807) is 4.57 Å².